The van der Waals surface area contributed by atoms with Crippen LogP contribution < -0.4 is 0 Å². The summed E-state index contributed by atoms with van der Waals surface area (Å²) in [5, 5.41) is 10.3. The normalized spacial score (nSPS) is 11.5. The van der Waals surface area contributed by atoms with Gasteiger partial charge in [0.1, 0.15) is 5.82 Å². The van der Waals surface area contributed by atoms with Gasteiger partial charge in [-0.2, -0.15) is 0 Å². The lowest BCUT2D eigenvalue weighted by molar-refractivity contribution is -0.385. The van der Waals surface area contributed by atoms with Crippen LogP contribution in [0.25, 0.3) is 0 Å². The first-order chi connectivity index (χ1) is 6.81. The Bertz CT molecular complexity index is 393. The third-order valence-electron chi connectivity index (χ3n) is 1.73. The highest BCUT2D eigenvalue weighted by Gasteiger charge is 2.29. The minimum atomic E-state index is -5.29. The summed E-state index contributed by atoms with van der Waals surface area (Å²) in [6.45, 7) is -5.29. The molecule has 0 saturated carbocycles. The number of hydrogen-bond donors (Lipinski definition) is 0. The molecule has 1 aromatic rings. The molecule has 8 heteroatoms. The van der Waals surface area contributed by atoms with Gasteiger partial charge in [0.25, 0.3) is 5.69 Å². The van der Waals surface area contributed by atoms with Crippen molar-refractivity contribution < 1.29 is 22.3 Å². The number of benzene rings is 1. The lowest BCUT2D eigenvalue weighted by Crippen LogP contribution is -2.21. The Hall–Kier alpha value is -1.60. The maximum Gasteiger partial charge on any atom is 0.482 e. The van der Waals surface area contributed by atoms with Gasteiger partial charge in [0, 0.05) is 11.6 Å². The molecule has 0 radical (unpaired) electrons. The number of hydrogen-bond acceptors (Lipinski definition) is 2. The quantitative estimate of drug-likeness (QED) is 0.341. The second kappa shape index (κ2) is 3.88. The highest BCUT2D eigenvalue weighted by molar-refractivity contribution is 6.58. The fourth-order valence-corrected chi connectivity index (χ4v) is 1.15. The smallest absolute Gasteiger partial charge is 0.449 e. The van der Waals surface area contributed by atoms with Crippen molar-refractivity contribution in [1.82, 2.24) is 0 Å². The maximum atomic E-state index is 12.9. The van der Waals surface area contributed by atoms with E-state index in [1.165, 1.54) is 0 Å². The fraction of sp³-hybridized carbons (Fsp3) is 0.143. The zero-order chi connectivity index (χ0) is 11.6. The molecule has 0 aliphatic heterocycles. The number of nitro benzene ring substituents is 1. The first-order valence-electron chi connectivity index (χ1n) is 3.94. The molecule has 1 aromatic carbocycles. The molecule has 1 rings (SSSR count). The van der Waals surface area contributed by atoms with E-state index in [0.29, 0.717) is 0 Å². The van der Waals surface area contributed by atoms with Gasteiger partial charge in [-0.25, -0.2) is 4.39 Å². The van der Waals surface area contributed by atoms with Gasteiger partial charge in [-0.05, 0) is 6.07 Å². The molecule has 0 spiro atoms. The SMILES string of the molecule is O=[N+]([O-])c1cccc(F)c1C[B-](F)(F)F. The lowest BCUT2D eigenvalue weighted by Gasteiger charge is -2.13. The number of rotatable bonds is 3. The molecule has 0 aliphatic rings. The summed E-state index contributed by atoms with van der Waals surface area (Å²) in [4.78, 5) is 9.31. The summed E-state index contributed by atoms with van der Waals surface area (Å²) in [7, 11) is 0. The molecule has 0 unspecified atom stereocenters. The van der Waals surface area contributed by atoms with E-state index in [2.05, 4.69) is 0 Å². The van der Waals surface area contributed by atoms with Crippen LogP contribution in [0.1, 0.15) is 5.56 Å². The first-order valence-corrected chi connectivity index (χ1v) is 3.94. The highest BCUT2D eigenvalue weighted by atomic mass is 19.4. The van der Waals surface area contributed by atoms with Crippen LogP contribution in [0.3, 0.4) is 0 Å². The van der Waals surface area contributed by atoms with Gasteiger partial charge in [-0.3, -0.25) is 10.1 Å². The van der Waals surface area contributed by atoms with Gasteiger partial charge < -0.3 is 12.9 Å². The molecule has 3 nitrogen and oxygen atoms in total. The number of nitro groups is 1. The van der Waals surface area contributed by atoms with Crippen LogP contribution in [0.4, 0.5) is 23.0 Å². The zero-order valence-electron chi connectivity index (χ0n) is 7.29. The Morgan fingerprint density at radius 1 is 1.33 bits per heavy atom. The van der Waals surface area contributed by atoms with Gasteiger partial charge in [0.05, 0.1) is 4.92 Å². The van der Waals surface area contributed by atoms with E-state index in [1.54, 1.807) is 0 Å². The zero-order valence-corrected chi connectivity index (χ0v) is 7.29. The number of nitrogens with zero attached hydrogens (tertiary/aromatic N) is 1. The molecule has 0 N–H and O–H groups in total. The van der Waals surface area contributed by atoms with Crippen LogP contribution in [0.5, 0.6) is 0 Å². The second-order valence-electron chi connectivity index (χ2n) is 2.91. The van der Waals surface area contributed by atoms with Crippen LogP contribution in [0.2, 0.25) is 0 Å². The molecule has 0 heterocycles. The van der Waals surface area contributed by atoms with Crippen molar-refractivity contribution >= 4 is 12.7 Å². The summed E-state index contributed by atoms with van der Waals surface area (Å²) < 4.78 is 49.1. The third-order valence-corrected chi connectivity index (χ3v) is 1.73. The average Bonchev–Trinajstić information content (AvgIpc) is 2.05. The van der Waals surface area contributed by atoms with E-state index in [4.69, 9.17) is 0 Å². The Morgan fingerprint density at radius 2 is 1.93 bits per heavy atom. The molecule has 0 atom stereocenters. The Labute approximate surface area is 81.9 Å². The molecule has 0 amide bonds. The van der Waals surface area contributed by atoms with E-state index in [9.17, 15) is 27.5 Å². The van der Waals surface area contributed by atoms with E-state index >= 15 is 0 Å². The van der Waals surface area contributed by atoms with Crippen molar-refractivity contribution in [2.24, 2.45) is 0 Å². The molecule has 0 saturated heterocycles. The van der Waals surface area contributed by atoms with Gasteiger partial charge in [-0.15, -0.1) is 0 Å². The second-order valence-corrected chi connectivity index (χ2v) is 2.91. The van der Waals surface area contributed by atoms with Crippen LogP contribution in [-0.4, -0.2) is 11.9 Å². The van der Waals surface area contributed by atoms with Crippen LogP contribution in [-0.2, 0) is 6.32 Å². The highest BCUT2D eigenvalue weighted by Crippen LogP contribution is 2.26. The average molecular weight is 222 g/mol. The molecule has 0 bridgehead atoms. The first kappa shape index (κ1) is 11.5. The minimum absolute atomic E-state index is 0.768. The Morgan fingerprint density at radius 3 is 2.40 bits per heavy atom. The van der Waals surface area contributed by atoms with E-state index in [-0.39, 0.29) is 0 Å². The van der Waals surface area contributed by atoms with Gasteiger partial charge in [-0.1, -0.05) is 12.4 Å². The molecule has 82 valence electrons. The summed E-state index contributed by atoms with van der Waals surface area (Å²) >= 11 is 0. The van der Waals surface area contributed by atoms with Gasteiger partial charge >= 0.3 is 6.98 Å². The minimum Gasteiger partial charge on any atom is -0.449 e. The molecule has 0 aromatic heterocycles. The standard InChI is InChI=1S/C7H5BF4NO2/c9-6-2-1-3-7(13(14)15)5(6)4-8(10,11)12/h1-3H,4H2/q-1. The summed E-state index contributed by atoms with van der Waals surface area (Å²) in [5.74, 6) is -1.21. The monoisotopic (exact) mass is 222 g/mol. The van der Waals surface area contributed by atoms with Crippen LogP contribution in [0.15, 0.2) is 18.2 Å². The summed E-state index contributed by atoms with van der Waals surface area (Å²) in [5.41, 5.74) is -1.75. The van der Waals surface area contributed by atoms with Gasteiger partial charge in [0.15, 0.2) is 0 Å². The topological polar surface area (TPSA) is 43.1 Å². The van der Waals surface area contributed by atoms with Crippen molar-refractivity contribution in [3.63, 3.8) is 0 Å². The summed E-state index contributed by atoms with van der Waals surface area (Å²) in [6, 6.07) is 2.62. The molecule has 0 aliphatic carbocycles. The molecular formula is C7H5BF4NO2-. The van der Waals surface area contributed by atoms with Crippen molar-refractivity contribution in [2.75, 3.05) is 0 Å². The van der Waals surface area contributed by atoms with Crippen molar-refractivity contribution in [2.45, 2.75) is 6.32 Å². The predicted octanol–water partition coefficient (Wildman–Crippen LogP) is 2.66. The van der Waals surface area contributed by atoms with E-state index in [1.807, 2.05) is 0 Å². The van der Waals surface area contributed by atoms with Crippen molar-refractivity contribution in [1.29, 1.82) is 0 Å². The van der Waals surface area contributed by atoms with E-state index < -0.39 is 35.3 Å². The van der Waals surface area contributed by atoms with Crippen LogP contribution >= 0.6 is 0 Å². The van der Waals surface area contributed by atoms with Crippen molar-refractivity contribution in [3.05, 3.63) is 39.7 Å². The molecular weight excluding hydrogens is 217 g/mol. The lowest BCUT2D eigenvalue weighted by atomic mass is 9.81. The third kappa shape index (κ3) is 2.93. The molecule has 0 fully saturated rings. The summed E-state index contributed by atoms with van der Waals surface area (Å²) in [6.07, 6.45) is -1.58. The van der Waals surface area contributed by atoms with Crippen molar-refractivity contribution in [3.8, 4) is 0 Å². The van der Waals surface area contributed by atoms with Crippen LogP contribution in [0, 0.1) is 15.9 Å². The largest absolute Gasteiger partial charge is 0.482 e. The fourth-order valence-electron chi connectivity index (χ4n) is 1.15. The maximum absolute atomic E-state index is 12.9. The van der Waals surface area contributed by atoms with Gasteiger partial charge in [0.2, 0.25) is 0 Å². The van der Waals surface area contributed by atoms with E-state index in [0.717, 1.165) is 18.2 Å². The Kier molecular flexibility index (Phi) is 2.97. The predicted molar refractivity (Wildman–Crippen MR) is 45.8 cm³/mol. The molecule has 15 heavy (non-hydrogen) atoms. The Balaban J connectivity index is 3.19. The number of halogens is 4.